The van der Waals surface area contributed by atoms with Crippen LogP contribution in [0.4, 0.5) is 0 Å². The number of methoxy groups -OCH3 is 2. The lowest BCUT2D eigenvalue weighted by molar-refractivity contribution is -0.0647. The van der Waals surface area contributed by atoms with Crippen LogP contribution in [0.15, 0.2) is 12.1 Å². The lowest BCUT2D eigenvalue weighted by Gasteiger charge is -2.53. The van der Waals surface area contributed by atoms with Gasteiger partial charge >= 0.3 is 0 Å². The van der Waals surface area contributed by atoms with E-state index >= 15 is 0 Å². The normalized spacial score (nSPS) is 30.0. The van der Waals surface area contributed by atoms with Crippen molar-refractivity contribution in [3.63, 3.8) is 0 Å². The summed E-state index contributed by atoms with van der Waals surface area (Å²) in [6.07, 6.45) is 2.66. The van der Waals surface area contributed by atoms with Crippen LogP contribution < -0.4 is 9.47 Å². The highest BCUT2D eigenvalue weighted by atomic mass is 16.5. The first-order valence-electron chi connectivity index (χ1n) is 9.07. The fourth-order valence-electron chi connectivity index (χ4n) is 4.65. The molecule has 0 spiro atoms. The van der Waals surface area contributed by atoms with Gasteiger partial charge in [-0.05, 0) is 61.3 Å². The molecule has 1 N–H and O–H groups in total. The summed E-state index contributed by atoms with van der Waals surface area (Å²) in [6.45, 7) is 8.77. The van der Waals surface area contributed by atoms with Gasteiger partial charge in [0.2, 0.25) is 0 Å². The number of fused-ring (bicyclic) bond motifs is 3. The number of benzene rings is 1. The first kappa shape index (κ1) is 17.6. The van der Waals surface area contributed by atoms with Crippen molar-refractivity contribution in [2.45, 2.75) is 51.7 Å². The van der Waals surface area contributed by atoms with E-state index in [2.05, 4.69) is 37.8 Å². The zero-order chi connectivity index (χ0) is 17.5. The molecule has 1 saturated heterocycles. The topological polar surface area (TPSA) is 41.9 Å². The second-order valence-electron chi connectivity index (χ2n) is 8.00. The molecule has 2 aliphatic rings. The fraction of sp³-hybridized carbons (Fsp3) is 0.700. The van der Waals surface area contributed by atoms with Gasteiger partial charge in [-0.25, -0.2) is 0 Å². The second-order valence-corrected chi connectivity index (χ2v) is 8.00. The molecule has 3 rings (SSSR count). The summed E-state index contributed by atoms with van der Waals surface area (Å²) < 4.78 is 11.0. The molecule has 3 atom stereocenters. The number of hydrogen-bond donors (Lipinski definition) is 1. The molecule has 0 aromatic heterocycles. The van der Waals surface area contributed by atoms with Crippen molar-refractivity contribution in [1.29, 1.82) is 0 Å². The number of nitrogens with zero attached hydrogens (tertiary/aromatic N) is 1. The van der Waals surface area contributed by atoms with Crippen molar-refractivity contribution >= 4 is 0 Å². The summed E-state index contributed by atoms with van der Waals surface area (Å²) in [5.74, 6) is 2.57. The van der Waals surface area contributed by atoms with Gasteiger partial charge in [-0.1, -0.05) is 13.8 Å². The van der Waals surface area contributed by atoms with E-state index in [0.717, 1.165) is 43.9 Å². The van der Waals surface area contributed by atoms with E-state index in [4.69, 9.17) is 9.47 Å². The Morgan fingerprint density at radius 3 is 2.54 bits per heavy atom. The third kappa shape index (κ3) is 2.91. The first-order chi connectivity index (χ1) is 11.4. The lowest BCUT2D eigenvalue weighted by atomic mass is 9.71. The highest BCUT2D eigenvalue weighted by Gasteiger charge is 2.46. The summed E-state index contributed by atoms with van der Waals surface area (Å²) in [5.41, 5.74) is 2.48. The average Bonchev–Trinajstić information content (AvgIpc) is 2.54. The molecule has 0 aliphatic carbocycles. The van der Waals surface area contributed by atoms with Crippen LogP contribution in [0, 0.1) is 11.8 Å². The number of aliphatic hydroxyl groups is 1. The van der Waals surface area contributed by atoms with E-state index in [1.807, 2.05) is 0 Å². The highest BCUT2D eigenvalue weighted by Crippen LogP contribution is 2.47. The highest BCUT2D eigenvalue weighted by molar-refractivity contribution is 5.51. The van der Waals surface area contributed by atoms with Gasteiger partial charge in [-0.3, -0.25) is 4.90 Å². The largest absolute Gasteiger partial charge is 0.493 e. The van der Waals surface area contributed by atoms with Crippen LogP contribution in [0.25, 0.3) is 0 Å². The van der Waals surface area contributed by atoms with Gasteiger partial charge in [-0.15, -0.1) is 0 Å². The summed E-state index contributed by atoms with van der Waals surface area (Å²) in [4.78, 5) is 2.57. The molecule has 0 unspecified atom stereocenters. The number of hydrogen-bond acceptors (Lipinski definition) is 4. The maximum Gasteiger partial charge on any atom is 0.161 e. The van der Waals surface area contributed by atoms with Gasteiger partial charge < -0.3 is 14.6 Å². The fourth-order valence-corrected chi connectivity index (χ4v) is 4.65. The molecule has 1 aromatic rings. The van der Waals surface area contributed by atoms with Gasteiger partial charge in [0.25, 0.3) is 0 Å². The monoisotopic (exact) mass is 333 g/mol. The maximum absolute atomic E-state index is 10.8. The van der Waals surface area contributed by atoms with Gasteiger partial charge in [0.05, 0.1) is 20.3 Å². The molecule has 0 amide bonds. The lowest BCUT2D eigenvalue weighted by Crippen LogP contribution is -2.58. The third-order valence-corrected chi connectivity index (χ3v) is 5.92. The smallest absolute Gasteiger partial charge is 0.161 e. The van der Waals surface area contributed by atoms with Crippen LogP contribution in [-0.4, -0.2) is 43.4 Å². The van der Waals surface area contributed by atoms with E-state index in [9.17, 15) is 5.11 Å². The minimum Gasteiger partial charge on any atom is -0.493 e. The molecule has 0 radical (unpaired) electrons. The second kappa shape index (κ2) is 6.57. The Bertz CT molecular complexity index is 601. The SMILES string of the molecule is COc1cc2c(cc1OC)[C@]1(C)C[C@H](O)[C@@H](CC(C)C)CN1CC2. The molecule has 2 heterocycles. The van der Waals surface area contributed by atoms with Crippen molar-refractivity contribution in [2.24, 2.45) is 11.8 Å². The molecular weight excluding hydrogens is 302 g/mol. The Kier molecular flexibility index (Phi) is 4.80. The van der Waals surface area contributed by atoms with Crippen molar-refractivity contribution < 1.29 is 14.6 Å². The standard InChI is InChI=1S/C20H31NO3/c1-13(2)8-15-12-21-7-6-14-9-18(23-4)19(24-5)10-16(14)20(21,3)11-17(15)22/h9-10,13,15,17,22H,6-8,11-12H2,1-5H3/t15-,17-,20-/m0/s1. The van der Waals surface area contributed by atoms with E-state index in [-0.39, 0.29) is 11.6 Å². The summed E-state index contributed by atoms with van der Waals surface area (Å²) in [7, 11) is 3.36. The summed E-state index contributed by atoms with van der Waals surface area (Å²) >= 11 is 0. The van der Waals surface area contributed by atoms with Crippen LogP contribution in [0.1, 0.15) is 44.7 Å². The number of rotatable bonds is 4. The zero-order valence-electron chi connectivity index (χ0n) is 15.6. The minimum atomic E-state index is -0.243. The molecule has 2 aliphatic heterocycles. The van der Waals surface area contributed by atoms with Crippen molar-refractivity contribution in [3.8, 4) is 11.5 Å². The van der Waals surface area contributed by atoms with Gasteiger partial charge in [0.1, 0.15) is 0 Å². The van der Waals surface area contributed by atoms with Crippen LogP contribution in [0.3, 0.4) is 0 Å². The van der Waals surface area contributed by atoms with Gasteiger partial charge in [0, 0.05) is 18.6 Å². The Morgan fingerprint density at radius 1 is 1.25 bits per heavy atom. The van der Waals surface area contributed by atoms with Gasteiger partial charge in [0.15, 0.2) is 11.5 Å². The molecule has 0 saturated carbocycles. The Labute approximate surface area is 145 Å². The Hall–Kier alpha value is -1.26. The molecule has 1 fully saturated rings. The van der Waals surface area contributed by atoms with E-state index in [0.29, 0.717) is 11.8 Å². The third-order valence-electron chi connectivity index (χ3n) is 5.92. The molecule has 4 heteroatoms. The Balaban J connectivity index is 1.96. The molecule has 134 valence electrons. The van der Waals surface area contributed by atoms with Crippen molar-refractivity contribution in [1.82, 2.24) is 4.90 Å². The number of aliphatic hydroxyl groups excluding tert-OH is 1. The predicted octanol–water partition coefficient (Wildman–Crippen LogP) is 3.20. The van der Waals surface area contributed by atoms with E-state index in [1.165, 1.54) is 11.1 Å². The Morgan fingerprint density at radius 2 is 1.92 bits per heavy atom. The molecular formula is C20H31NO3. The van der Waals surface area contributed by atoms with Crippen LogP contribution >= 0.6 is 0 Å². The molecule has 4 nitrogen and oxygen atoms in total. The minimum absolute atomic E-state index is 0.125. The quantitative estimate of drug-likeness (QED) is 0.919. The van der Waals surface area contributed by atoms with Crippen LogP contribution in [-0.2, 0) is 12.0 Å². The van der Waals surface area contributed by atoms with Gasteiger partial charge in [-0.2, -0.15) is 0 Å². The predicted molar refractivity (Wildman–Crippen MR) is 95.7 cm³/mol. The maximum atomic E-state index is 10.8. The zero-order valence-corrected chi connectivity index (χ0v) is 15.6. The van der Waals surface area contributed by atoms with Crippen molar-refractivity contribution in [2.75, 3.05) is 27.3 Å². The van der Waals surface area contributed by atoms with E-state index in [1.54, 1.807) is 14.2 Å². The first-order valence-corrected chi connectivity index (χ1v) is 9.07. The number of piperidine rings is 1. The molecule has 1 aromatic carbocycles. The molecule has 0 bridgehead atoms. The summed E-state index contributed by atoms with van der Waals surface area (Å²) in [5, 5.41) is 10.8. The van der Waals surface area contributed by atoms with Crippen molar-refractivity contribution in [3.05, 3.63) is 23.3 Å². The molecule has 24 heavy (non-hydrogen) atoms. The summed E-state index contributed by atoms with van der Waals surface area (Å²) in [6, 6.07) is 4.24. The van der Waals surface area contributed by atoms with Crippen LogP contribution in [0.5, 0.6) is 11.5 Å². The number of ether oxygens (including phenoxy) is 2. The van der Waals surface area contributed by atoms with Crippen LogP contribution in [0.2, 0.25) is 0 Å². The average molecular weight is 333 g/mol. The van der Waals surface area contributed by atoms with E-state index < -0.39 is 0 Å².